The number of nitrogens with zero attached hydrogens (tertiary/aromatic N) is 1. The minimum absolute atomic E-state index is 0.0856. The summed E-state index contributed by atoms with van der Waals surface area (Å²) in [4.78, 5) is 26.1. The van der Waals surface area contributed by atoms with Crippen molar-refractivity contribution in [2.24, 2.45) is 5.73 Å². The molecule has 33 heavy (non-hydrogen) atoms. The van der Waals surface area contributed by atoms with Crippen LogP contribution < -0.4 is 30.0 Å². The molecule has 2 heterocycles. The minimum Gasteiger partial charge on any atom is -0.497 e. The SMILES string of the molecule is CCOC(=O)C1=C(N)n2c(s/c(=C\c3ccc(OC)cc3)c2=O)=C[C@@H]1c1ccc(OC)cc1. The smallest absolute Gasteiger partial charge is 0.338 e. The van der Waals surface area contributed by atoms with Gasteiger partial charge in [0.1, 0.15) is 22.0 Å². The van der Waals surface area contributed by atoms with E-state index in [1.807, 2.05) is 54.6 Å². The Morgan fingerprint density at radius 1 is 1.06 bits per heavy atom. The second kappa shape index (κ2) is 9.38. The van der Waals surface area contributed by atoms with E-state index in [0.29, 0.717) is 14.9 Å². The maximum atomic E-state index is 13.2. The molecule has 4 rings (SSSR count). The Balaban J connectivity index is 1.89. The van der Waals surface area contributed by atoms with Gasteiger partial charge in [0.15, 0.2) is 0 Å². The molecule has 1 aliphatic rings. The lowest BCUT2D eigenvalue weighted by atomic mass is 9.89. The number of thiazole rings is 1. The molecule has 0 amide bonds. The van der Waals surface area contributed by atoms with E-state index < -0.39 is 11.9 Å². The van der Waals surface area contributed by atoms with Crippen LogP contribution in [0.4, 0.5) is 0 Å². The van der Waals surface area contributed by atoms with Crippen LogP contribution >= 0.6 is 11.3 Å². The highest BCUT2D eigenvalue weighted by Gasteiger charge is 2.31. The second-order valence-corrected chi connectivity index (χ2v) is 8.36. The first-order valence-corrected chi connectivity index (χ1v) is 11.2. The highest BCUT2D eigenvalue weighted by Crippen LogP contribution is 2.32. The van der Waals surface area contributed by atoms with Crippen LogP contribution in [0.5, 0.6) is 11.5 Å². The first-order chi connectivity index (χ1) is 16.0. The Morgan fingerprint density at radius 3 is 2.24 bits per heavy atom. The van der Waals surface area contributed by atoms with Crippen LogP contribution in [0.25, 0.3) is 18.0 Å². The second-order valence-electron chi connectivity index (χ2n) is 7.30. The van der Waals surface area contributed by atoms with E-state index in [0.717, 1.165) is 16.9 Å². The van der Waals surface area contributed by atoms with Gasteiger partial charge >= 0.3 is 5.97 Å². The van der Waals surface area contributed by atoms with Crippen LogP contribution in [0.2, 0.25) is 0 Å². The molecule has 1 aliphatic heterocycles. The number of aromatic nitrogens is 1. The molecule has 0 saturated carbocycles. The number of hydrogen-bond donors (Lipinski definition) is 1. The van der Waals surface area contributed by atoms with Crippen LogP contribution in [-0.2, 0) is 9.53 Å². The van der Waals surface area contributed by atoms with Crippen LogP contribution in [0.15, 0.2) is 58.9 Å². The van der Waals surface area contributed by atoms with Crippen LogP contribution in [0, 0.1) is 0 Å². The van der Waals surface area contributed by atoms with Crippen molar-refractivity contribution in [2.75, 3.05) is 20.8 Å². The number of carbonyl (C=O) groups excluding carboxylic acids is 1. The van der Waals surface area contributed by atoms with Gasteiger partial charge in [0.05, 0.1) is 30.9 Å². The molecular weight excluding hydrogens is 440 g/mol. The first kappa shape index (κ1) is 22.4. The van der Waals surface area contributed by atoms with Crippen molar-refractivity contribution in [3.8, 4) is 11.5 Å². The van der Waals surface area contributed by atoms with Crippen molar-refractivity contribution < 1.29 is 19.0 Å². The average Bonchev–Trinajstić information content (AvgIpc) is 3.14. The van der Waals surface area contributed by atoms with Gasteiger partial charge in [-0.2, -0.15) is 0 Å². The number of methoxy groups -OCH3 is 2. The summed E-state index contributed by atoms with van der Waals surface area (Å²) in [5, 5.41) is 0. The van der Waals surface area contributed by atoms with E-state index in [9.17, 15) is 9.59 Å². The molecule has 0 spiro atoms. The number of rotatable bonds is 6. The van der Waals surface area contributed by atoms with Crippen LogP contribution in [0.1, 0.15) is 24.0 Å². The maximum absolute atomic E-state index is 13.2. The Hall–Kier alpha value is -3.78. The molecule has 0 fully saturated rings. The molecular formula is C25H24N2O5S. The summed E-state index contributed by atoms with van der Waals surface area (Å²) >= 11 is 1.32. The lowest BCUT2D eigenvalue weighted by molar-refractivity contribution is -0.138. The normalized spacial score (nSPS) is 15.6. The average molecular weight is 465 g/mol. The molecule has 0 bridgehead atoms. The van der Waals surface area contributed by atoms with Crippen molar-refractivity contribution in [1.29, 1.82) is 0 Å². The molecule has 7 nitrogen and oxygen atoms in total. The quantitative estimate of drug-likeness (QED) is 0.561. The number of esters is 1. The Bertz CT molecular complexity index is 1380. The van der Waals surface area contributed by atoms with Crippen molar-refractivity contribution >= 4 is 35.3 Å². The number of hydrogen-bond acceptors (Lipinski definition) is 7. The third-order valence-electron chi connectivity index (χ3n) is 5.37. The number of fused-ring (bicyclic) bond motifs is 1. The summed E-state index contributed by atoms with van der Waals surface area (Å²) in [6.07, 6.45) is 3.67. The third-order valence-corrected chi connectivity index (χ3v) is 6.41. The van der Waals surface area contributed by atoms with E-state index in [1.54, 1.807) is 27.2 Å². The molecule has 170 valence electrons. The zero-order valence-electron chi connectivity index (χ0n) is 18.5. The highest BCUT2D eigenvalue weighted by molar-refractivity contribution is 7.07. The fourth-order valence-electron chi connectivity index (χ4n) is 3.71. The summed E-state index contributed by atoms with van der Waals surface area (Å²) in [6, 6.07) is 14.8. The predicted molar refractivity (Wildman–Crippen MR) is 129 cm³/mol. The molecule has 2 aromatic carbocycles. The van der Waals surface area contributed by atoms with Gasteiger partial charge in [-0.25, -0.2) is 4.79 Å². The van der Waals surface area contributed by atoms with Gasteiger partial charge in [0.2, 0.25) is 0 Å². The van der Waals surface area contributed by atoms with Crippen molar-refractivity contribution in [1.82, 2.24) is 4.57 Å². The summed E-state index contributed by atoms with van der Waals surface area (Å²) < 4.78 is 18.3. The Morgan fingerprint density at radius 2 is 1.67 bits per heavy atom. The molecule has 3 aromatic rings. The molecule has 1 atom stereocenters. The van der Waals surface area contributed by atoms with Gasteiger partial charge in [0, 0.05) is 5.92 Å². The van der Waals surface area contributed by atoms with Crippen LogP contribution in [-0.4, -0.2) is 31.4 Å². The van der Waals surface area contributed by atoms with Crippen molar-refractivity contribution in [2.45, 2.75) is 12.8 Å². The Kier molecular flexibility index (Phi) is 6.37. The Labute approximate surface area is 194 Å². The molecule has 0 radical (unpaired) electrons. The number of carbonyl (C=O) groups is 1. The number of nitrogens with two attached hydrogens (primary N) is 1. The minimum atomic E-state index is -0.545. The van der Waals surface area contributed by atoms with Gasteiger partial charge in [0.25, 0.3) is 5.56 Å². The van der Waals surface area contributed by atoms with E-state index in [4.69, 9.17) is 19.9 Å². The highest BCUT2D eigenvalue weighted by atomic mass is 32.1. The van der Waals surface area contributed by atoms with E-state index >= 15 is 0 Å². The fourth-order valence-corrected chi connectivity index (χ4v) is 4.79. The molecule has 2 N–H and O–H groups in total. The summed E-state index contributed by atoms with van der Waals surface area (Å²) in [7, 11) is 3.19. The zero-order chi connectivity index (χ0) is 23.5. The third kappa shape index (κ3) is 4.29. The first-order valence-electron chi connectivity index (χ1n) is 10.4. The van der Waals surface area contributed by atoms with E-state index in [1.165, 1.54) is 15.9 Å². The van der Waals surface area contributed by atoms with E-state index in [2.05, 4.69) is 0 Å². The monoisotopic (exact) mass is 464 g/mol. The summed E-state index contributed by atoms with van der Waals surface area (Å²) in [5.41, 5.74) is 8.08. The zero-order valence-corrected chi connectivity index (χ0v) is 19.3. The molecule has 0 unspecified atom stereocenters. The van der Waals surface area contributed by atoms with Crippen molar-refractivity contribution in [3.63, 3.8) is 0 Å². The lowest BCUT2D eigenvalue weighted by Gasteiger charge is -2.22. The van der Waals surface area contributed by atoms with Gasteiger partial charge in [-0.3, -0.25) is 9.36 Å². The standard InChI is InChI=1S/C25H24N2O5S/c1-4-32-25(29)22-19(16-7-11-18(31-3)12-8-16)14-21-27(23(22)26)24(28)20(33-21)13-15-5-9-17(30-2)10-6-15/h5-14,19H,4,26H2,1-3H3/b20-13-/t19-/m1/s1. The van der Waals surface area contributed by atoms with Crippen LogP contribution in [0.3, 0.4) is 0 Å². The fraction of sp³-hybridized carbons (Fsp3) is 0.200. The molecule has 0 saturated heterocycles. The maximum Gasteiger partial charge on any atom is 0.338 e. The molecule has 8 heteroatoms. The predicted octanol–water partition coefficient (Wildman–Crippen LogP) is 2.02. The molecule has 1 aromatic heterocycles. The van der Waals surface area contributed by atoms with E-state index in [-0.39, 0.29) is 23.6 Å². The van der Waals surface area contributed by atoms with Crippen molar-refractivity contribution in [3.05, 3.63) is 84.8 Å². The molecule has 0 aliphatic carbocycles. The van der Waals surface area contributed by atoms with Gasteiger partial charge in [-0.1, -0.05) is 24.3 Å². The number of benzene rings is 2. The number of ether oxygens (including phenoxy) is 3. The summed E-state index contributed by atoms with van der Waals surface area (Å²) in [6.45, 7) is 1.93. The van der Waals surface area contributed by atoms with Gasteiger partial charge < -0.3 is 19.9 Å². The van der Waals surface area contributed by atoms with Gasteiger partial charge in [-0.05, 0) is 54.5 Å². The largest absolute Gasteiger partial charge is 0.497 e. The topological polar surface area (TPSA) is 92.8 Å². The lowest BCUT2D eigenvalue weighted by Crippen LogP contribution is -2.38. The van der Waals surface area contributed by atoms with Gasteiger partial charge in [-0.15, -0.1) is 11.3 Å². The summed E-state index contributed by atoms with van der Waals surface area (Å²) in [5.74, 6) is 0.519.